The van der Waals surface area contributed by atoms with Crippen molar-refractivity contribution in [1.29, 1.82) is 0 Å². The summed E-state index contributed by atoms with van der Waals surface area (Å²) < 4.78 is 13.6. The van der Waals surface area contributed by atoms with Crippen LogP contribution in [0.5, 0.6) is 5.75 Å². The molecule has 2 aliphatic rings. The summed E-state index contributed by atoms with van der Waals surface area (Å²) in [5.41, 5.74) is 3.77. The Morgan fingerprint density at radius 2 is 1.97 bits per heavy atom. The van der Waals surface area contributed by atoms with Crippen molar-refractivity contribution in [2.24, 2.45) is 13.0 Å². The van der Waals surface area contributed by atoms with Crippen molar-refractivity contribution in [2.45, 2.75) is 38.3 Å². The number of aromatic nitrogens is 1. The van der Waals surface area contributed by atoms with Gasteiger partial charge in [-0.25, -0.2) is 0 Å². The maximum absolute atomic E-state index is 12.7. The molecule has 1 saturated heterocycles. The number of anilines is 1. The lowest BCUT2D eigenvalue weighted by Crippen LogP contribution is -2.26. The molecule has 1 atom stereocenters. The van der Waals surface area contributed by atoms with Gasteiger partial charge in [0.25, 0.3) is 5.91 Å². The molecule has 6 nitrogen and oxygen atoms in total. The molecule has 1 aromatic heterocycles. The minimum absolute atomic E-state index is 0.118. The molecule has 1 amide bonds. The highest BCUT2D eigenvalue weighted by Crippen LogP contribution is 2.29. The quantitative estimate of drug-likeness (QED) is 0.522. The first kappa shape index (κ1) is 21.0. The number of nitrogens with zero attached hydrogens (tertiary/aromatic N) is 1. The summed E-state index contributed by atoms with van der Waals surface area (Å²) in [6.45, 7) is 3.33. The van der Waals surface area contributed by atoms with Crippen LogP contribution < -0.4 is 15.4 Å². The monoisotopic (exact) mass is 433 g/mol. The summed E-state index contributed by atoms with van der Waals surface area (Å²) in [4.78, 5) is 12.7. The van der Waals surface area contributed by atoms with Crippen LogP contribution in [0.15, 0.2) is 48.5 Å². The van der Waals surface area contributed by atoms with Crippen LogP contribution in [-0.2, 0) is 18.3 Å². The van der Waals surface area contributed by atoms with E-state index in [4.69, 9.17) is 9.47 Å². The molecule has 2 heterocycles. The number of aryl methyl sites for hydroxylation is 1. The Labute approximate surface area is 188 Å². The van der Waals surface area contributed by atoms with Crippen molar-refractivity contribution >= 4 is 22.5 Å². The molecule has 0 radical (unpaired) electrons. The van der Waals surface area contributed by atoms with Gasteiger partial charge in [-0.3, -0.25) is 4.79 Å². The lowest BCUT2D eigenvalue weighted by Gasteiger charge is -2.11. The van der Waals surface area contributed by atoms with Gasteiger partial charge in [-0.2, -0.15) is 0 Å². The van der Waals surface area contributed by atoms with E-state index in [2.05, 4.69) is 34.4 Å². The fourth-order valence-corrected chi connectivity index (χ4v) is 4.22. The molecule has 0 spiro atoms. The Bertz CT molecular complexity index is 1080. The van der Waals surface area contributed by atoms with Crippen molar-refractivity contribution < 1.29 is 14.3 Å². The summed E-state index contributed by atoms with van der Waals surface area (Å²) >= 11 is 0. The van der Waals surface area contributed by atoms with Crippen LogP contribution in [0, 0.1) is 5.92 Å². The topological polar surface area (TPSA) is 64.5 Å². The van der Waals surface area contributed by atoms with Crippen LogP contribution in [-0.4, -0.2) is 36.3 Å². The summed E-state index contributed by atoms with van der Waals surface area (Å²) in [5, 5.41) is 7.64. The van der Waals surface area contributed by atoms with E-state index in [0.717, 1.165) is 61.5 Å². The van der Waals surface area contributed by atoms with Gasteiger partial charge < -0.3 is 24.7 Å². The first-order valence-corrected chi connectivity index (χ1v) is 11.6. The van der Waals surface area contributed by atoms with E-state index in [0.29, 0.717) is 17.6 Å². The molecule has 5 rings (SSSR count). The Morgan fingerprint density at radius 1 is 1.12 bits per heavy atom. The lowest BCUT2D eigenvalue weighted by atomic mass is 10.2. The summed E-state index contributed by atoms with van der Waals surface area (Å²) in [7, 11) is 2.08. The first-order chi connectivity index (χ1) is 15.7. The predicted octanol–water partition coefficient (Wildman–Crippen LogP) is 4.49. The fourth-order valence-electron chi connectivity index (χ4n) is 4.22. The van der Waals surface area contributed by atoms with E-state index in [1.165, 1.54) is 18.5 Å². The van der Waals surface area contributed by atoms with Gasteiger partial charge in [0, 0.05) is 54.6 Å². The molecule has 0 bridgehead atoms. The van der Waals surface area contributed by atoms with Crippen molar-refractivity contribution in [1.82, 2.24) is 9.88 Å². The number of nitrogens with one attached hydrogen (secondary N) is 2. The Balaban J connectivity index is 1.20. The number of benzene rings is 2. The normalized spacial score (nSPS) is 18.2. The number of carbonyl (C=O) groups excluding carboxylic acids is 1. The third-order valence-electron chi connectivity index (χ3n) is 6.40. The largest absolute Gasteiger partial charge is 0.493 e. The van der Waals surface area contributed by atoms with E-state index < -0.39 is 0 Å². The van der Waals surface area contributed by atoms with Gasteiger partial charge in [0.05, 0.1) is 12.7 Å². The molecular weight excluding hydrogens is 402 g/mol. The van der Waals surface area contributed by atoms with Crippen molar-refractivity contribution in [3.8, 4) is 5.75 Å². The summed E-state index contributed by atoms with van der Waals surface area (Å²) in [5.74, 6) is 1.41. The predicted molar refractivity (Wildman–Crippen MR) is 126 cm³/mol. The number of carbonyl (C=O) groups is 1. The zero-order valence-corrected chi connectivity index (χ0v) is 18.6. The van der Waals surface area contributed by atoms with Crippen LogP contribution in [0.3, 0.4) is 0 Å². The second kappa shape index (κ2) is 9.35. The van der Waals surface area contributed by atoms with E-state index >= 15 is 0 Å². The van der Waals surface area contributed by atoms with Crippen molar-refractivity contribution in [3.63, 3.8) is 0 Å². The standard InChI is InChI=1S/C26H31N3O3/c1-29-22(15-27-16-24-3-2-12-31-24)14-20-13-21(8-11-25(20)29)28-26(30)19-6-9-23(10-7-19)32-17-18-4-5-18/h6-11,13-14,18,24,27H,2-5,12,15-17H2,1H3,(H,28,30)/t24-/m0/s1. The number of amides is 1. The Morgan fingerprint density at radius 3 is 2.72 bits per heavy atom. The fraction of sp³-hybridized carbons (Fsp3) is 0.423. The number of hydrogen-bond donors (Lipinski definition) is 2. The highest BCUT2D eigenvalue weighted by molar-refractivity contribution is 6.05. The maximum atomic E-state index is 12.7. The molecule has 3 aromatic rings. The van der Waals surface area contributed by atoms with Gasteiger partial charge >= 0.3 is 0 Å². The molecule has 0 unspecified atom stereocenters. The Hall–Kier alpha value is -2.83. The number of ether oxygens (including phenoxy) is 2. The maximum Gasteiger partial charge on any atom is 0.255 e. The van der Waals surface area contributed by atoms with Crippen LogP contribution >= 0.6 is 0 Å². The third-order valence-corrected chi connectivity index (χ3v) is 6.40. The van der Waals surface area contributed by atoms with Gasteiger partial charge in [-0.15, -0.1) is 0 Å². The van der Waals surface area contributed by atoms with Gasteiger partial charge in [-0.05, 0) is 80.1 Å². The molecule has 1 saturated carbocycles. The Kier molecular flexibility index (Phi) is 6.14. The average molecular weight is 434 g/mol. The minimum atomic E-state index is -0.118. The van der Waals surface area contributed by atoms with Crippen molar-refractivity contribution in [2.75, 3.05) is 25.1 Å². The van der Waals surface area contributed by atoms with E-state index in [1.54, 1.807) is 0 Å². The SMILES string of the molecule is Cn1c(CNC[C@@H]2CCCO2)cc2cc(NC(=O)c3ccc(OCC4CC4)cc3)ccc21. The zero-order valence-electron chi connectivity index (χ0n) is 18.6. The second-order valence-corrected chi connectivity index (χ2v) is 8.97. The summed E-state index contributed by atoms with van der Waals surface area (Å²) in [6.07, 6.45) is 5.17. The van der Waals surface area contributed by atoms with E-state index in [-0.39, 0.29) is 5.91 Å². The van der Waals surface area contributed by atoms with Crippen LogP contribution in [0.25, 0.3) is 10.9 Å². The average Bonchev–Trinajstić information content (AvgIpc) is 3.40. The molecule has 6 heteroatoms. The third kappa shape index (κ3) is 4.97. The molecular formula is C26H31N3O3. The minimum Gasteiger partial charge on any atom is -0.493 e. The molecule has 2 fully saturated rings. The highest BCUT2D eigenvalue weighted by atomic mass is 16.5. The second-order valence-electron chi connectivity index (χ2n) is 8.97. The van der Waals surface area contributed by atoms with E-state index in [1.807, 2.05) is 36.4 Å². The van der Waals surface area contributed by atoms with Gasteiger partial charge in [0.2, 0.25) is 0 Å². The number of hydrogen-bond acceptors (Lipinski definition) is 4. The molecule has 1 aliphatic carbocycles. The molecule has 32 heavy (non-hydrogen) atoms. The zero-order chi connectivity index (χ0) is 21.9. The molecule has 2 aromatic carbocycles. The van der Waals surface area contributed by atoms with Gasteiger partial charge in [0.15, 0.2) is 0 Å². The smallest absolute Gasteiger partial charge is 0.255 e. The molecule has 1 aliphatic heterocycles. The molecule has 2 N–H and O–H groups in total. The first-order valence-electron chi connectivity index (χ1n) is 11.6. The number of rotatable bonds is 9. The van der Waals surface area contributed by atoms with E-state index in [9.17, 15) is 4.79 Å². The van der Waals surface area contributed by atoms with Crippen LogP contribution in [0.1, 0.15) is 41.7 Å². The van der Waals surface area contributed by atoms with Gasteiger partial charge in [-0.1, -0.05) is 0 Å². The number of fused-ring (bicyclic) bond motifs is 1. The molecule has 168 valence electrons. The van der Waals surface area contributed by atoms with Crippen molar-refractivity contribution in [3.05, 3.63) is 59.8 Å². The summed E-state index contributed by atoms with van der Waals surface area (Å²) in [6, 6.07) is 15.6. The van der Waals surface area contributed by atoms with Crippen LogP contribution in [0.2, 0.25) is 0 Å². The lowest BCUT2D eigenvalue weighted by molar-refractivity contribution is 0.102. The van der Waals surface area contributed by atoms with Gasteiger partial charge in [0.1, 0.15) is 5.75 Å². The van der Waals surface area contributed by atoms with Crippen LogP contribution in [0.4, 0.5) is 5.69 Å². The highest BCUT2D eigenvalue weighted by Gasteiger charge is 2.22.